The van der Waals surface area contributed by atoms with Crippen molar-refractivity contribution in [3.63, 3.8) is 0 Å². The summed E-state index contributed by atoms with van der Waals surface area (Å²) in [5, 5.41) is 5.64. The van der Waals surface area contributed by atoms with Crippen LogP contribution in [0.2, 0.25) is 0 Å². The van der Waals surface area contributed by atoms with E-state index in [0.717, 1.165) is 43.6 Å². The van der Waals surface area contributed by atoms with E-state index >= 15 is 0 Å². The number of hydrogen-bond acceptors (Lipinski definition) is 7. The molecule has 0 amide bonds. The number of anilines is 1. The highest BCUT2D eigenvalue weighted by Gasteiger charge is 2.35. The molecule has 192 valence electrons. The number of nitrogens with one attached hydrogen (secondary N) is 1. The van der Waals surface area contributed by atoms with Crippen LogP contribution in [0.15, 0.2) is 53.8 Å². The van der Waals surface area contributed by atoms with Crippen molar-refractivity contribution in [1.82, 2.24) is 29.0 Å². The predicted molar refractivity (Wildman–Crippen MR) is 143 cm³/mol. The normalized spacial score (nSPS) is 19.2. The van der Waals surface area contributed by atoms with Crippen molar-refractivity contribution in [3.8, 4) is 11.1 Å². The van der Waals surface area contributed by atoms with Crippen LogP contribution in [0.1, 0.15) is 25.7 Å². The average Bonchev–Trinajstić information content (AvgIpc) is 3.64. The summed E-state index contributed by atoms with van der Waals surface area (Å²) >= 11 is 0. The molecule has 0 spiro atoms. The maximum absolute atomic E-state index is 13.6. The third-order valence-electron chi connectivity index (χ3n) is 7.33. The first kappa shape index (κ1) is 24.0. The van der Waals surface area contributed by atoms with Gasteiger partial charge in [-0.05, 0) is 57.0 Å². The Bertz CT molecular complexity index is 1650. The first-order valence-electron chi connectivity index (χ1n) is 12.6. The van der Waals surface area contributed by atoms with E-state index in [4.69, 9.17) is 0 Å². The molecule has 1 atom stereocenters. The molecule has 37 heavy (non-hydrogen) atoms. The van der Waals surface area contributed by atoms with E-state index in [1.807, 2.05) is 13.2 Å². The first-order chi connectivity index (χ1) is 17.9. The molecule has 4 aromatic rings. The fourth-order valence-electron chi connectivity index (χ4n) is 5.45. The maximum atomic E-state index is 13.6. The Balaban J connectivity index is 1.34. The fraction of sp³-hybridized carbons (Fsp3) is 0.385. The third-order valence-corrected chi connectivity index (χ3v) is 8.90. The molecule has 2 fully saturated rings. The van der Waals surface area contributed by atoms with Crippen LogP contribution in [0, 0.1) is 0 Å². The van der Waals surface area contributed by atoms with Crippen molar-refractivity contribution in [2.45, 2.75) is 31.7 Å². The van der Waals surface area contributed by atoms with Crippen molar-refractivity contribution < 1.29 is 8.42 Å². The number of nitrogens with zero attached hydrogens (tertiary/aromatic N) is 6. The van der Waals surface area contributed by atoms with Gasteiger partial charge in [0.1, 0.15) is 5.82 Å². The minimum atomic E-state index is -3.81. The Kier molecular flexibility index (Phi) is 6.13. The van der Waals surface area contributed by atoms with Crippen molar-refractivity contribution in [1.29, 1.82) is 0 Å². The summed E-state index contributed by atoms with van der Waals surface area (Å²) < 4.78 is 32.6. The molecule has 0 radical (unpaired) electrons. The molecule has 5 heterocycles. The van der Waals surface area contributed by atoms with Crippen molar-refractivity contribution >= 4 is 37.7 Å². The second-order valence-electron chi connectivity index (χ2n) is 9.90. The minimum Gasteiger partial charge on any atom is -0.302 e. The molecule has 3 aromatic heterocycles. The molecule has 0 bridgehead atoms. The highest BCUT2D eigenvalue weighted by Crippen LogP contribution is 2.26. The Morgan fingerprint density at radius 2 is 1.81 bits per heavy atom. The molecular formula is C26H29N7O3S. The summed E-state index contributed by atoms with van der Waals surface area (Å²) in [7, 11) is -1.98. The van der Waals surface area contributed by atoms with E-state index < -0.39 is 10.2 Å². The summed E-state index contributed by atoms with van der Waals surface area (Å²) in [6, 6.07) is 6.85. The van der Waals surface area contributed by atoms with Gasteiger partial charge < -0.3 is 4.90 Å². The number of aromatic nitrogens is 4. The quantitative estimate of drug-likeness (QED) is 0.417. The van der Waals surface area contributed by atoms with Gasteiger partial charge in [-0.2, -0.15) is 17.8 Å². The molecule has 1 aromatic carbocycles. The van der Waals surface area contributed by atoms with Crippen LogP contribution in [0.25, 0.3) is 32.8 Å². The summed E-state index contributed by atoms with van der Waals surface area (Å²) in [5.41, 5.74) is 1.96. The van der Waals surface area contributed by atoms with Gasteiger partial charge in [0.05, 0.1) is 11.7 Å². The van der Waals surface area contributed by atoms with Gasteiger partial charge in [-0.3, -0.25) is 19.2 Å². The Hall–Kier alpha value is -3.41. The molecular weight excluding hydrogens is 490 g/mol. The topological polar surface area (TPSA) is 113 Å². The molecule has 1 N–H and O–H groups in total. The predicted octanol–water partition coefficient (Wildman–Crippen LogP) is 2.76. The molecule has 2 aliphatic heterocycles. The molecule has 2 saturated heterocycles. The van der Waals surface area contributed by atoms with Crippen LogP contribution in [-0.2, 0) is 17.3 Å². The van der Waals surface area contributed by atoms with Crippen molar-refractivity contribution in [2.75, 3.05) is 30.9 Å². The summed E-state index contributed by atoms with van der Waals surface area (Å²) in [6.07, 6.45) is 10.9. The Morgan fingerprint density at radius 1 is 0.973 bits per heavy atom. The number of fused-ring (bicyclic) bond motifs is 2. The van der Waals surface area contributed by atoms with Crippen LogP contribution in [0.4, 0.5) is 5.82 Å². The summed E-state index contributed by atoms with van der Waals surface area (Å²) in [5.74, 6) is 0.132. The van der Waals surface area contributed by atoms with Crippen LogP contribution in [0.3, 0.4) is 0 Å². The van der Waals surface area contributed by atoms with Crippen LogP contribution in [0.5, 0.6) is 0 Å². The van der Waals surface area contributed by atoms with Gasteiger partial charge in [0.25, 0.3) is 0 Å². The summed E-state index contributed by atoms with van der Waals surface area (Å²) in [4.78, 5) is 24.8. The highest BCUT2D eigenvalue weighted by molar-refractivity contribution is 7.90. The number of likely N-dealkylation sites (tertiary alicyclic amines) is 1. The second-order valence-corrected chi connectivity index (χ2v) is 11.5. The number of rotatable bonds is 6. The Labute approximate surface area is 215 Å². The van der Waals surface area contributed by atoms with E-state index in [9.17, 15) is 13.2 Å². The van der Waals surface area contributed by atoms with E-state index in [-0.39, 0.29) is 17.3 Å². The van der Waals surface area contributed by atoms with Gasteiger partial charge >= 0.3 is 10.2 Å². The molecule has 0 aliphatic carbocycles. The SMILES string of the molecule is Cn1cc(-c2cnc3ccc4cnc(NS(=O)(=O)N5CCC[C@@H]5CN5CCCC5)cc4c(=O)c3c2)cn1. The van der Waals surface area contributed by atoms with Gasteiger partial charge in [-0.15, -0.1) is 0 Å². The van der Waals surface area contributed by atoms with E-state index in [2.05, 4.69) is 24.7 Å². The van der Waals surface area contributed by atoms with Crippen molar-refractivity contribution in [3.05, 3.63) is 59.3 Å². The average molecular weight is 520 g/mol. The standard InChI is InChI=1S/C26H29N7O3S/c1-31-16-20(15-29-31)19-11-23-24(27-14-19)7-6-18-13-28-25(12-22(18)26(23)34)30-37(35,36)33-10-4-5-21(33)17-32-8-2-3-9-32/h6-7,11-16,21H,2-5,8-10,17H2,1H3,(H,28,30)/t21-/m1/s1. The number of pyridine rings is 2. The number of hydrogen-bond donors (Lipinski definition) is 1. The lowest BCUT2D eigenvalue weighted by molar-refractivity contribution is 0.258. The lowest BCUT2D eigenvalue weighted by Crippen LogP contribution is -2.44. The lowest BCUT2D eigenvalue weighted by atomic mass is 10.1. The Morgan fingerprint density at radius 3 is 2.59 bits per heavy atom. The molecule has 0 unspecified atom stereocenters. The monoisotopic (exact) mass is 519 g/mol. The molecule has 11 heteroatoms. The van der Waals surface area contributed by atoms with Crippen molar-refractivity contribution in [2.24, 2.45) is 7.05 Å². The zero-order chi connectivity index (χ0) is 25.6. The van der Waals surface area contributed by atoms with Crippen LogP contribution in [-0.4, -0.2) is 69.6 Å². The maximum Gasteiger partial charge on any atom is 0.303 e. The largest absolute Gasteiger partial charge is 0.303 e. The molecule has 0 saturated carbocycles. The van der Waals surface area contributed by atoms with E-state index in [1.165, 1.54) is 25.1 Å². The fourth-order valence-corrected chi connectivity index (χ4v) is 6.87. The molecule has 10 nitrogen and oxygen atoms in total. The van der Waals surface area contributed by atoms with Gasteiger partial charge in [0.15, 0.2) is 5.43 Å². The third kappa shape index (κ3) is 4.70. The van der Waals surface area contributed by atoms with Gasteiger partial charge in [0, 0.05) is 72.1 Å². The smallest absolute Gasteiger partial charge is 0.302 e. The minimum absolute atomic E-state index is 0.0511. The first-order valence-corrected chi connectivity index (χ1v) is 14.1. The zero-order valence-electron chi connectivity index (χ0n) is 20.7. The highest BCUT2D eigenvalue weighted by atomic mass is 32.2. The van der Waals surface area contributed by atoms with Gasteiger partial charge in [0.2, 0.25) is 0 Å². The number of aryl methyl sites for hydroxylation is 1. The van der Waals surface area contributed by atoms with Gasteiger partial charge in [-0.1, -0.05) is 6.07 Å². The van der Waals surface area contributed by atoms with E-state index in [1.54, 1.807) is 39.6 Å². The zero-order valence-corrected chi connectivity index (χ0v) is 21.5. The van der Waals surface area contributed by atoms with E-state index in [0.29, 0.717) is 28.2 Å². The van der Waals surface area contributed by atoms with Crippen LogP contribution < -0.4 is 10.2 Å². The molecule has 2 aliphatic rings. The lowest BCUT2D eigenvalue weighted by Gasteiger charge is -2.27. The van der Waals surface area contributed by atoms with Crippen LogP contribution >= 0.6 is 0 Å². The summed E-state index contributed by atoms with van der Waals surface area (Å²) in [6.45, 7) is 3.29. The molecule has 6 rings (SSSR count). The van der Waals surface area contributed by atoms with Gasteiger partial charge in [-0.25, -0.2) is 4.98 Å². The second kappa shape index (κ2) is 9.47.